The Morgan fingerprint density at radius 1 is 1.13 bits per heavy atom. The first kappa shape index (κ1) is 23.1. The summed E-state index contributed by atoms with van der Waals surface area (Å²) in [5, 5.41) is 4.37. The zero-order valence-corrected chi connectivity index (χ0v) is 17.4. The average molecular weight is 465 g/mol. The summed E-state index contributed by atoms with van der Waals surface area (Å²) in [5.41, 5.74) is -1.53. The molecule has 2 heterocycles. The van der Waals surface area contributed by atoms with Crippen molar-refractivity contribution in [2.75, 3.05) is 25.4 Å². The molecule has 172 valence electrons. The van der Waals surface area contributed by atoms with Crippen LogP contribution in [0.5, 0.6) is 11.5 Å². The van der Waals surface area contributed by atoms with E-state index in [-0.39, 0.29) is 24.9 Å². The Labute approximate surface area is 176 Å². The second-order valence-electron chi connectivity index (χ2n) is 7.59. The number of benzene rings is 1. The van der Waals surface area contributed by atoms with Crippen LogP contribution in [0.4, 0.5) is 18.0 Å². The molecule has 0 radical (unpaired) electrons. The fraction of sp³-hybridized carbons (Fsp3) is 0.556. The first-order chi connectivity index (χ1) is 14.4. The minimum atomic E-state index is -4.42. The number of amides is 3. The highest BCUT2D eigenvalue weighted by Crippen LogP contribution is 2.25. The lowest BCUT2D eigenvalue weighted by molar-refractivity contribution is -0.153. The minimum Gasteiger partial charge on any atom is -0.490 e. The van der Waals surface area contributed by atoms with Gasteiger partial charge in [-0.25, -0.2) is 17.5 Å². The summed E-state index contributed by atoms with van der Waals surface area (Å²) in [6.45, 7) is 0.310. The van der Waals surface area contributed by atoms with Gasteiger partial charge in [-0.3, -0.25) is 10.1 Å². The topological polar surface area (TPSA) is 114 Å². The van der Waals surface area contributed by atoms with Crippen molar-refractivity contribution in [1.82, 2.24) is 14.9 Å². The Hall–Kier alpha value is -2.54. The number of carbonyl (C=O) groups is 2. The minimum absolute atomic E-state index is 0.0575. The summed E-state index contributed by atoms with van der Waals surface area (Å²) in [7, 11) is -3.81. The predicted octanol–water partition coefficient (Wildman–Crippen LogP) is 1.40. The van der Waals surface area contributed by atoms with Crippen LogP contribution in [0.1, 0.15) is 19.8 Å². The molecule has 2 aliphatic heterocycles. The van der Waals surface area contributed by atoms with E-state index in [1.807, 2.05) is 5.32 Å². The second kappa shape index (κ2) is 8.54. The summed E-state index contributed by atoms with van der Waals surface area (Å²) in [6.07, 6.45) is -3.92. The third-order valence-electron chi connectivity index (χ3n) is 4.91. The molecule has 0 bridgehead atoms. The number of nitrogens with one attached hydrogen (secondary N) is 2. The number of hydrogen-bond donors (Lipinski definition) is 2. The largest absolute Gasteiger partial charge is 0.490 e. The maximum absolute atomic E-state index is 12.7. The number of alkyl halides is 3. The number of ether oxygens (including phenoxy) is 2. The highest BCUT2D eigenvalue weighted by atomic mass is 32.2. The van der Waals surface area contributed by atoms with E-state index in [0.29, 0.717) is 18.6 Å². The molecule has 2 aliphatic rings. The molecule has 31 heavy (non-hydrogen) atoms. The number of hydrogen-bond acceptors (Lipinski definition) is 6. The predicted molar refractivity (Wildman–Crippen MR) is 102 cm³/mol. The number of sulfonamides is 1. The molecule has 1 aromatic carbocycles. The van der Waals surface area contributed by atoms with Gasteiger partial charge in [-0.05, 0) is 44.0 Å². The molecule has 0 aliphatic carbocycles. The van der Waals surface area contributed by atoms with Crippen molar-refractivity contribution in [2.24, 2.45) is 0 Å². The highest BCUT2D eigenvalue weighted by Gasteiger charge is 2.47. The van der Waals surface area contributed by atoms with Gasteiger partial charge in [0.25, 0.3) is 5.91 Å². The fourth-order valence-corrected chi connectivity index (χ4v) is 5.22. The Bertz CT molecular complexity index is 930. The number of nitrogens with zero attached hydrogens (tertiary/aromatic N) is 1. The molecular weight excluding hydrogens is 443 g/mol. The molecule has 1 aromatic rings. The molecule has 1 atom stereocenters. The smallest absolute Gasteiger partial charge is 0.422 e. The van der Waals surface area contributed by atoms with Gasteiger partial charge in [0.2, 0.25) is 10.0 Å². The van der Waals surface area contributed by atoms with E-state index in [0.717, 1.165) is 0 Å². The van der Waals surface area contributed by atoms with E-state index >= 15 is 0 Å². The molecule has 3 amide bonds. The number of urea groups is 1. The monoisotopic (exact) mass is 465 g/mol. The van der Waals surface area contributed by atoms with Crippen LogP contribution in [0, 0.1) is 0 Å². The molecule has 0 aromatic heterocycles. The van der Waals surface area contributed by atoms with Crippen molar-refractivity contribution in [2.45, 2.75) is 37.6 Å². The number of piperidine rings is 1. The van der Waals surface area contributed by atoms with Crippen LogP contribution in [0.3, 0.4) is 0 Å². The van der Waals surface area contributed by atoms with E-state index in [2.05, 4.69) is 10.1 Å². The van der Waals surface area contributed by atoms with E-state index < -0.39 is 46.0 Å². The van der Waals surface area contributed by atoms with Crippen molar-refractivity contribution in [3.63, 3.8) is 0 Å². The quantitative estimate of drug-likeness (QED) is 0.589. The fourth-order valence-electron chi connectivity index (χ4n) is 3.34. The summed E-state index contributed by atoms with van der Waals surface area (Å²) in [4.78, 5) is 23.2. The van der Waals surface area contributed by atoms with Crippen LogP contribution < -0.4 is 20.1 Å². The Balaban J connectivity index is 1.50. The third kappa shape index (κ3) is 6.00. The lowest BCUT2D eigenvalue weighted by Gasteiger charge is -2.33. The van der Waals surface area contributed by atoms with Crippen LogP contribution in [0.15, 0.2) is 24.3 Å². The van der Waals surface area contributed by atoms with E-state index in [4.69, 9.17) is 4.74 Å². The van der Waals surface area contributed by atoms with Gasteiger partial charge < -0.3 is 14.8 Å². The van der Waals surface area contributed by atoms with E-state index in [9.17, 15) is 31.2 Å². The molecule has 0 saturated carbocycles. The third-order valence-corrected chi connectivity index (χ3v) is 7.01. The lowest BCUT2D eigenvalue weighted by Crippen LogP contribution is -2.53. The van der Waals surface area contributed by atoms with Crippen LogP contribution in [0.25, 0.3) is 0 Å². The van der Waals surface area contributed by atoms with E-state index in [1.165, 1.54) is 35.5 Å². The van der Waals surface area contributed by atoms with E-state index in [1.54, 1.807) is 0 Å². The average Bonchev–Trinajstić information content (AvgIpc) is 2.91. The maximum Gasteiger partial charge on any atom is 0.422 e. The van der Waals surface area contributed by atoms with Gasteiger partial charge in [-0.1, -0.05) is 0 Å². The zero-order valence-electron chi connectivity index (χ0n) is 16.6. The molecule has 2 fully saturated rings. The van der Waals surface area contributed by atoms with Gasteiger partial charge in [0, 0.05) is 13.1 Å². The van der Waals surface area contributed by atoms with Crippen LogP contribution in [-0.2, 0) is 14.8 Å². The maximum atomic E-state index is 12.7. The summed E-state index contributed by atoms with van der Waals surface area (Å²) >= 11 is 0. The molecular formula is C18H22F3N3O6S. The highest BCUT2D eigenvalue weighted by molar-refractivity contribution is 7.89. The number of rotatable bonds is 7. The van der Waals surface area contributed by atoms with Crippen LogP contribution >= 0.6 is 0 Å². The molecule has 0 unspecified atom stereocenters. The number of halogens is 3. The van der Waals surface area contributed by atoms with Gasteiger partial charge in [0.1, 0.15) is 23.1 Å². The van der Waals surface area contributed by atoms with Crippen molar-refractivity contribution >= 4 is 22.0 Å². The normalized spacial score (nSPS) is 23.4. The van der Waals surface area contributed by atoms with Crippen LogP contribution in [-0.4, -0.2) is 67.9 Å². The molecule has 3 rings (SSSR count). The molecule has 9 nitrogen and oxygen atoms in total. The van der Waals surface area contributed by atoms with Gasteiger partial charge in [-0.2, -0.15) is 13.2 Å². The van der Waals surface area contributed by atoms with Gasteiger partial charge in [0.05, 0.1) is 5.75 Å². The molecule has 2 saturated heterocycles. The SMILES string of the molecule is C[C@]1(CS(=O)(=O)N2CCC(Oc3ccc(OCC(F)(F)F)cc3)CC2)NC(=O)NC1=O. The summed E-state index contributed by atoms with van der Waals surface area (Å²) in [5.74, 6) is -0.759. The number of imide groups is 1. The van der Waals surface area contributed by atoms with Crippen molar-refractivity contribution < 1.29 is 40.7 Å². The van der Waals surface area contributed by atoms with Gasteiger partial charge >= 0.3 is 12.2 Å². The molecule has 0 spiro atoms. The summed E-state index contributed by atoms with van der Waals surface area (Å²) in [6, 6.07) is 4.96. The summed E-state index contributed by atoms with van der Waals surface area (Å²) < 4.78 is 73.6. The standard InChI is InChI=1S/C18H22F3N3O6S/c1-17(15(25)22-16(26)23-17)11-31(27,28)24-8-6-14(7-9-24)30-13-4-2-12(3-5-13)29-10-18(19,20)21/h2-5,14H,6-11H2,1H3,(H2,22,23,25,26)/t17-/m1/s1. The van der Waals surface area contributed by atoms with Gasteiger partial charge in [-0.15, -0.1) is 0 Å². The Morgan fingerprint density at radius 3 is 2.23 bits per heavy atom. The number of carbonyl (C=O) groups excluding carboxylic acids is 2. The second-order valence-corrected chi connectivity index (χ2v) is 9.56. The first-order valence-electron chi connectivity index (χ1n) is 9.44. The van der Waals surface area contributed by atoms with Gasteiger partial charge in [0.15, 0.2) is 6.61 Å². The van der Waals surface area contributed by atoms with Crippen LogP contribution in [0.2, 0.25) is 0 Å². The first-order valence-corrected chi connectivity index (χ1v) is 11.0. The lowest BCUT2D eigenvalue weighted by atomic mass is 10.1. The Kier molecular flexibility index (Phi) is 6.37. The van der Waals surface area contributed by atoms with Crippen molar-refractivity contribution in [3.05, 3.63) is 24.3 Å². The van der Waals surface area contributed by atoms with Crippen molar-refractivity contribution in [3.8, 4) is 11.5 Å². The zero-order chi connectivity index (χ0) is 22.9. The molecule has 13 heteroatoms. The van der Waals surface area contributed by atoms with Crippen molar-refractivity contribution in [1.29, 1.82) is 0 Å². The Morgan fingerprint density at radius 2 is 1.71 bits per heavy atom. The molecule has 2 N–H and O–H groups in total.